The smallest absolute Gasteiger partial charge is 0.261 e. The number of ether oxygens (including phenoxy) is 1. The van der Waals surface area contributed by atoms with Crippen LogP contribution in [0.4, 0.5) is 5.13 Å². The molecule has 2 aromatic heterocycles. The van der Waals surface area contributed by atoms with Crippen molar-refractivity contribution in [3.63, 3.8) is 0 Å². The largest absolute Gasteiger partial charge is 0.494 e. The minimum absolute atomic E-state index is 0.215. The maximum Gasteiger partial charge on any atom is 0.261 e. The molecule has 0 atom stereocenters. The zero-order valence-electron chi connectivity index (χ0n) is 15.0. The third-order valence-corrected chi connectivity index (χ3v) is 5.61. The van der Waals surface area contributed by atoms with E-state index in [1.165, 1.54) is 11.3 Å². The van der Waals surface area contributed by atoms with Crippen LogP contribution in [-0.2, 0) is 6.54 Å². The molecule has 0 fully saturated rings. The molecule has 5 nitrogen and oxygen atoms in total. The van der Waals surface area contributed by atoms with E-state index in [0.29, 0.717) is 28.0 Å². The first-order chi connectivity index (χ1) is 13.7. The van der Waals surface area contributed by atoms with Gasteiger partial charge in [0.05, 0.1) is 28.9 Å². The number of anilines is 1. The Morgan fingerprint density at radius 2 is 2.00 bits per heavy atom. The Balaban J connectivity index is 1.81. The van der Waals surface area contributed by atoms with E-state index in [1.807, 2.05) is 30.3 Å². The van der Waals surface area contributed by atoms with Gasteiger partial charge in [-0.05, 0) is 35.9 Å². The quantitative estimate of drug-likeness (QED) is 0.454. The summed E-state index contributed by atoms with van der Waals surface area (Å²) in [6, 6.07) is 16.5. The zero-order valence-corrected chi connectivity index (χ0v) is 16.6. The Morgan fingerprint density at radius 1 is 1.14 bits per heavy atom. The van der Waals surface area contributed by atoms with Gasteiger partial charge in [-0.1, -0.05) is 47.2 Å². The van der Waals surface area contributed by atoms with Gasteiger partial charge in [-0.25, -0.2) is 4.98 Å². The van der Waals surface area contributed by atoms with Crippen molar-refractivity contribution in [2.75, 3.05) is 12.0 Å². The number of amides is 1. The van der Waals surface area contributed by atoms with Crippen molar-refractivity contribution in [3.8, 4) is 5.75 Å². The number of pyridine rings is 1. The summed E-state index contributed by atoms with van der Waals surface area (Å²) in [7, 11) is 1.61. The number of methoxy groups -OCH3 is 1. The number of fused-ring (bicyclic) bond motifs is 1. The molecule has 4 rings (SSSR count). The van der Waals surface area contributed by atoms with Crippen LogP contribution < -0.4 is 9.64 Å². The van der Waals surface area contributed by atoms with Gasteiger partial charge < -0.3 is 4.74 Å². The van der Waals surface area contributed by atoms with Gasteiger partial charge in [-0.3, -0.25) is 14.7 Å². The molecule has 140 valence electrons. The van der Waals surface area contributed by atoms with Gasteiger partial charge in [0, 0.05) is 12.4 Å². The van der Waals surface area contributed by atoms with Crippen LogP contribution in [0, 0.1) is 0 Å². The maximum atomic E-state index is 13.4. The van der Waals surface area contributed by atoms with Crippen molar-refractivity contribution < 1.29 is 9.53 Å². The van der Waals surface area contributed by atoms with Gasteiger partial charge in [0.15, 0.2) is 5.13 Å². The number of thiazole rings is 1. The first-order valence-corrected chi connectivity index (χ1v) is 9.75. The van der Waals surface area contributed by atoms with Crippen LogP contribution in [0.3, 0.4) is 0 Å². The molecular formula is C21H16ClN3O2S. The van der Waals surface area contributed by atoms with Gasteiger partial charge in [0.1, 0.15) is 11.3 Å². The third kappa shape index (κ3) is 3.56. The van der Waals surface area contributed by atoms with E-state index in [1.54, 1.807) is 48.7 Å². The molecular weight excluding hydrogens is 394 g/mol. The highest BCUT2D eigenvalue weighted by Crippen LogP contribution is 2.35. The minimum Gasteiger partial charge on any atom is -0.494 e. The van der Waals surface area contributed by atoms with E-state index in [4.69, 9.17) is 21.3 Å². The van der Waals surface area contributed by atoms with E-state index in [9.17, 15) is 4.79 Å². The molecule has 0 unspecified atom stereocenters. The summed E-state index contributed by atoms with van der Waals surface area (Å²) in [4.78, 5) is 23.8. The highest BCUT2D eigenvalue weighted by molar-refractivity contribution is 7.22. The Labute approximate surface area is 171 Å². The number of rotatable bonds is 5. The lowest BCUT2D eigenvalue weighted by Gasteiger charge is -2.20. The minimum atomic E-state index is -0.215. The Hall–Kier alpha value is -2.96. The Morgan fingerprint density at radius 3 is 2.75 bits per heavy atom. The number of halogens is 1. The molecule has 0 bridgehead atoms. The SMILES string of the molecule is COc1cccc2sc(N(Cc3cccnc3)C(=O)c3ccccc3Cl)nc12. The molecule has 0 spiro atoms. The number of hydrogen-bond donors (Lipinski definition) is 0. The summed E-state index contributed by atoms with van der Waals surface area (Å²) < 4.78 is 6.35. The van der Waals surface area contributed by atoms with Crippen molar-refractivity contribution in [2.24, 2.45) is 0 Å². The molecule has 0 aliphatic heterocycles. The lowest BCUT2D eigenvalue weighted by Crippen LogP contribution is -2.30. The number of hydrogen-bond acceptors (Lipinski definition) is 5. The van der Waals surface area contributed by atoms with Crippen LogP contribution in [0.2, 0.25) is 5.02 Å². The number of aromatic nitrogens is 2. The van der Waals surface area contributed by atoms with Crippen LogP contribution in [0.1, 0.15) is 15.9 Å². The number of carbonyl (C=O) groups excluding carboxylic acids is 1. The molecule has 0 saturated carbocycles. The second-order valence-electron chi connectivity index (χ2n) is 6.04. The van der Waals surface area contributed by atoms with Crippen molar-refractivity contribution in [3.05, 3.63) is 83.1 Å². The zero-order chi connectivity index (χ0) is 19.5. The highest BCUT2D eigenvalue weighted by Gasteiger charge is 2.24. The average Bonchev–Trinajstić information content (AvgIpc) is 3.16. The molecule has 4 aromatic rings. The molecule has 1 amide bonds. The summed E-state index contributed by atoms with van der Waals surface area (Å²) in [6.07, 6.45) is 3.44. The van der Waals surface area contributed by atoms with E-state index in [0.717, 1.165) is 15.8 Å². The van der Waals surface area contributed by atoms with Crippen LogP contribution >= 0.6 is 22.9 Å². The van der Waals surface area contributed by atoms with Crippen LogP contribution in [0.25, 0.3) is 10.2 Å². The van der Waals surface area contributed by atoms with Gasteiger partial charge >= 0.3 is 0 Å². The molecule has 0 saturated heterocycles. The van der Waals surface area contributed by atoms with E-state index in [-0.39, 0.29) is 5.91 Å². The number of nitrogens with zero attached hydrogens (tertiary/aromatic N) is 3. The molecule has 0 radical (unpaired) electrons. The second-order valence-corrected chi connectivity index (χ2v) is 7.45. The summed E-state index contributed by atoms with van der Waals surface area (Å²) in [6.45, 7) is 0.333. The van der Waals surface area contributed by atoms with Crippen LogP contribution in [0.15, 0.2) is 67.0 Å². The fourth-order valence-electron chi connectivity index (χ4n) is 2.87. The van der Waals surface area contributed by atoms with Crippen LogP contribution in [-0.4, -0.2) is 23.0 Å². The topological polar surface area (TPSA) is 55.3 Å². The molecule has 7 heteroatoms. The lowest BCUT2D eigenvalue weighted by molar-refractivity contribution is 0.0985. The van der Waals surface area contributed by atoms with Gasteiger partial charge in [-0.2, -0.15) is 0 Å². The predicted molar refractivity (Wildman–Crippen MR) is 112 cm³/mol. The molecule has 2 heterocycles. The molecule has 0 aliphatic carbocycles. The third-order valence-electron chi connectivity index (χ3n) is 4.23. The standard InChI is InChI=1S/C21H16ClN3O2S/c1-27-17-9-4-10-18-19(17)24-21(28-18)25(13-14-6-5-11-23-12-14)20(26)15-7-2-3-8-16(15)22/h2-12H,13H2,1H3. The Bertz CT molecular complexity index is 1130. The normalized spacial score (nSPS) is 10.8. The number of benzene rings is 2. The summed E-state index contributed by atoms with van der Waals surface area (Å²) >= 11 is 7.72. The summed E-state index contributed by atoms with van der Waals surface area (Å²) in [5.41, 5.74) is 2.06. The van der Waals surface area contributed by atoms with Gasteiger partial charge in [-0.15, -0.1) is 0 Å². The monoisotopic (exact) mass is 409 g/mol. The lowest BCUT2D eigenvalue weighted by atomic mass is 10.2. The molecule has 2 aromatic carbocycles. The van der Waals surface area contributed by atoms with Gasteiger partial charge in [0.25, 0.3) is 5.91 Å². The Kier molecular flexibility index (Phi) is 5.23. The van der Waals surface area contributed by atoms with Crippen molar-refractivity contribution >= 4 is 44.2 Å². The molecule has 0 aliphatic rings. The summed E-state index contributed by atoms with van der Waals surface area (Å²) in [5, 5.41) is 0.982. The van der Waals surface area contributed by atoms with Gasteiger partial charge in [0.2, 0.25) is 0 Å². The van der Waals surface area contributed by atoms with E-state index >= 15 is 0 Å². The van der Waals surface area contributed by atoms with Crippen molar-refractivity contribution in [1.82, 2.24) is 9.97 Å². The fourth-order valence-corrected chi connectivity index (χ4v) is 4.07. The first kappa shape index (κ1) is 18.4. The molecule has 0 N–H and O–H groups in total. The summed E-state index contributed by atoms with van der Waals surface area (Å²) in [5.74, 6) is 0.457. The van der Waals surface area contributed by atoms with E-state index in [2.05, 4.69) is 4.98 Å². The number of carbonyl (C=O) groups is 1. The van der Waals surface area contributed by atoms with Crippen molar-refractivity contribution in [1.29, 1.82) is 0 Å². The second kappa shape index (κ2) is 7.96. The maximum absolute atomic E-state index is 13.4. The first-order valence-electron chi connectivity index (χ1n) is 8.56. The highest BCUT2D eigenvalue weighted by atomic mass is 35.5. The average molecular weight is 410 g/mol. The van der Waals surface area contributed by atoms with Crippen molar-refractivity contribution in [2.45, 2.75) is 6.54 Å². The predicted octanol–water partition coefficient (Wildman–Crippen LogP) is 5.20. The van der Waals surface area contributed by atoms with Crippen LogP contribution in [0.5, 0.6) is 5.75 Å². The molecule has 28 heavy (non-hydrogen) atoms. The van der Waals surface area contributed by atoms with E-state index < -0.39 is 0 Å². The number of para-hydroxylation sites is 1. The fraction of sp³-hybridized carbons (Fsp3) is 0.0952.